The Morgan fingerprint density at radius 1 is 1.27 bits per heavy atom. The fourth-order valence-corrected chi connectivity index (χ4v) is 3.85. The van der Waals surface area contributed by atoms with E-state index in [-0.39, 0.29) is 5.54 Å². The number of hydrogen-bond acceptors (Lipinski definition) is 3. The van der Waals surface area contributed by atoms with Gasteiger partial charge in [-0.25, -0.2) is 0 Å². The van der Waals surface area contributed by atoms with Crippen LogP contribution in [-0.4, -0.2) is 25.4 Å². The van der Waals surface area contributed by atoms with E-state index in [1.165, 1.54) is 22.4 Å². The molecule has 3 nitrogen and oxygen atoms in total. The molecule has 0 N–H and O–H groups in total. The molecule has 138 valence electrons. The SMILES string of the molecule is CCOc1ccccc1N=Cc1cc2c(cc1C)N(C)C(C)(C)CC2C. The largest absolute Gasteiger partial charge is 0.492 e. The second kappa shape index (κ2) is 7.14. The highest BCUT2D eigenvalue weighted by atomic mass is 16.5. The van der Waals surface area contributed by atoms with Crippen LogP contribution >= 0.6 is 0 Å². The molecule has 0 saturated carbocycles. The van der Waals surface area contributed by atoms with E-state index in [2.05, 4.69) is 51.8 Å². The summed E-state index contributed by atoms with van der Waals surface area (Å²) in [6.45, 7) is 11.8. The molecule has 3 rings (SSSR count). The Morgan fingerprint density at radius 2 is 2.00 bits per heavy atom. The van der Waals surface area contributed by atoms with Crippen LogP contribution in [0.15, 0.2) is 41.4 Å². The Morgan fingerprint density at radius 3 is 2.73 bits per heavy atom. The van der Waals surface area contributed by atoms with Crippen LogP contribution in [0.4, 0.5) is 11.4 Å². The van der Waals surface area contributed by atoms with Crippen molar-refractivity contribution in [2.45, 2.75) is 52.5 Å². The maximum Gasteiger partial charge on any atom is 0.144 e. The Hall–Kier alpha value is -2.29. The van der Waals surface area contributed by atoms with E-state index in [9.17, 15) is 0 Å². The van der Waals surface area contributed by atoms with Gasteiger partial charge in [-0.05, 0) is 81.0 Å². The Labute approximate surface area is 157 Å². The van der Waals surface area contributed by atoms with Gasteiger partial charge in [-0.3, -0.25) is 4.99 Å². The van der Waals surface area contributed by atoms with Crippen LogP contribution in [0.1, 0.15) is 56.7 Å². The third-order valence-electron chi connectivity index (χ3n) is 5.53. The van der Waals surface area contributed by atoms with Crippen molar-refractivity contribution in [3.8, 4) is 5.75 Å². The van der Waals surface area contributed by atoms with Crippen LogP contribution in [0.2, 0.25) is 0 Å². The number of para-hydroxylation sites is 2. The lowest BCUT2D eigenvalue weighted by molar-refractivity contribution is 0.341. The zero-order valence-electron chi connectivity index (χ0n) is 16.8. The van der Waals surface area contributed by atoms with E-state index in [1.807, 2.05) is 37.4 Å². The van der Waals surface area contributed by atoms with E-state index in [0.29, 0.717) is 12.5 Å². The molecule has 1 aliphatic heterocycles. The fourth-order valence-electron chi connectivity index (χ4n) is 3.85. The van der Waals surface area contributed by atoms with Crippen molar-refractivity contribution in [2.75, 3.05) is 18.6 Å². The molecular formula is C23H30N2O. The van der Waals surface area contributed by atoms with Gasteiger partial charge in [0, 0.05) is 24.5 Å². The number of benzene rings is 2. The van der Waals surface area contributed by atoms with Crippen molar-refractivity contribution < 1.29 is 4.74 Å². The van der Waals surface area contributed by atoms with E-state index >= 15 is 0 Å². The lowest BCUT2D eigenvalue weighted by Crippen LogP contribution is -2.45. The highest BCUT2D eigenvalue weighted by Crippen LogP contribution is 2.43. The van der Waals surface area contributed by atoms with Crippen molar-refractivity contribution in [1.29, 1.82) is 0 Å². The van der Waals surface area contributed by atoms with Crippen molar-refractivity contribution in [1.82, 2.24) is 0 Å². The first-order valence-electron chi connectivity index (χ1n) is 9.47. The monoisotopic (exact) mass is 350 g/mol. The minimum atomic E-state index is 0.185. The Bertz CT molecular complexity index is 823. The molecule has 1 atom stereocenters. The van der Waals surface area contributed by atoms with Crippen molar-refractivity contribution in [3.63, 3.8) is 0 Å². The lowest BCUT2D eigenvalue weighted by Gasteiger charge is -2.45. The maximum absolute atomic E-state index is 5.68. The standard InChI is InChI=1S/C23H30N2O/c1-7-26-22-11-9-8-10-20(22)24-15-18-13-19-17(3)14-23(4,5)25(6)21(19)12-16(18)2/h8-13,15,17H,7,14H2,1-6H3. The summed E-state index contributed by atoms with van der Waals surface area (Å²) in [7, 11) is 2.20. The molecule has 26 heavy (non-hydrogen) atoms. The zero-order valence-corrected chi connectivity index (χ0v) is 16.8. The van der Waals surface area contributed by atoms with Gasteiger partial charge in [0.2, 0.25) is 0 Å². The molecular weight excluding hydrogens is 320 g/mol. The first-order valence-corrected chi connectivity index (χ1v) is 9.47. The van der Waals surface area contributed by atoms with Crippen molar-refractivity contribution >= 4 is 17.6 Å². The smallest absolute Gasteiger partial charge is 0.144 e. The molecule has 0 radical (unpaired) electrons. The molecule has 2 aromatic rings. The third kappa shape index (κ3) is 3.48. The van der Waals surface area contributed by atoms with Gasteiger partial charge in [0.25, 0.3) is 0 Å². The summed E-state index contributed by atoms with van der Waals surface area (Å²) in [5, 5.41) is 0. The summed E-state index contributed by atoms with van der Waals surface area (Å²) < 4.78 is 5.68. The molecule has 0 aliphatic carbocycles. The van der Waals surface area contributed by atoms with Gasteiger partial charge in [-0.15, -0.1) is 0 Å². The Balaban J connectivity index is 1.97. The van der Waals surface area contributed by atoms with E-state index in [0.717, 1.165) is 17.9 Å². The number of hydrogen-bond donors (Lipinski definition) is 0. The van der Waals surface area contributed by atoms with Gasteiger partial charge in [0.05, 0.1) is 6.61 Å². The number of aryl methyl sites for hydroxylation is 1. The highest BCUT2D eigenvalue weighted by Gasteiger charge is 2.34. The highest BCUT2D eigenvalue weighted by molar-refractivity contribution is 5.86. The van der Waals surface area contributed by atoms with Crippen molar-refractivity contribution in [3.05, 3.63) is 53.1 Å². The summed E-state index contributed by atoms with van der Waals surface area (Å²) in [6, 6.07) is 12.6. The molecule has 0 spiro atoms. The molecule has 1 aliphatic rings. The van der Waals surface area contributed by atoms with E-state index in [4.69, 9.17) is 9.73 Å². The number of ether oxygens (including phenoxy) is 1. The molecule has 1 heterocycles. The fraction of sp³-hybridized carbons (Fsp3) is 0.435. The molecule has 0 bridgehead atoms. The second-order valence-corrected chi connectivity index (χ2v) is 7.90. The summed E-state index contributed by atoms with van der Waals surface area (Å²) in [5.74, 6) is 1.37. The minimum Gasteiger partial charge on any atom is -0.492 e. The topological polar surface area (TPSA) is 24.8 Å². The first-order chi connectivity index (χ1) is 12.3. The average Bonchev–Trinajstić information content (AvgIpc) is 2.59. The van der Waals surface area contributed by atoms with Crippen LogP contribution in [0.25, 0.3) is 0 Å². The minimum absolute atomic E-state index is 0.185. The number of anilines is 1. The van der Waals surface area contributed by atoms with E-state index < -0.39 is 0 Å². The van der Waals surface area contributed by atoms with Gasteiger partial charge in [0.15, 0.2) is 0 Å². The molecule has 0 amide bonds. The van der Waals surface area contributed by atoms with Gasteiger partial charge in [-0.1, -0.05) is 19.1 Å². The molecule has 0 fully saturated rings. The zero-order chi connectivity index (χ0) is 18.9. The molecule has 2 aromatic carbocycles. The predicted molar refractivity (Wildman–Crippen MR) is 112 cm³/mol. The number of aliphatic imine (C=N–C) groups is 1. The second-order valence-electron chi connectivity index (χ2n) is 7.90. The van der Waals surface area contributed by atoms with Crippen LogP contribution in [0, 0.1) is 6.92 Å². The van der Waals surface area contributed by atoms with Crippen LogP contribution in [-0.2, 0) is 0 Å². The van der Waals surface area contributed by atoms with E-state index in [1.54, 1.807) is 0 Å². The summed E-state index contributed by atoms with van der Waals surface area (Å²) in [6.07, 6.45) is 3.13. The number of nitrogens with zero attached hydrogens (tertiary/aromatic N) is 2. The van der Waals surface area contributed by atoms with Gasteiger partial charge < -0.3 is 9.64 Å². The normalized spacial score (nSPS) is 18.8. The van der Waals surface area contributed by atoms with Gasteiger partial charge >= 0.3 is 0 Å². The molecule has 1 unspecified atom stereocenters. The van der Waals surface area contributed by atoms with Crippen molar-refractivity contribution in [2.24, 2.45) is 4.99 Å². The van der Waals surface area contributed by atoms with Crippen LogP contribution in [0.5, 0.6) is 5.75 Å². The third-order valence-corrected chi connectivity index (χ3v) is 5.53. The number of fused-ring (bicyclic) bond motifs is 1. The van der Waals surface area contributed by atoms with Gasteiger partial charge in [-0.2, -0.15) is 0 Å². The first kappa shape index (κ1) is 18.5. The summed E-state index contributed by atoms with van der Waals surface area (Å²) >= 11 is 0. The molecule has 0 aromatic heterocycles. The van der Waals surface area contributed by atoms with Gasteiger partial charge in [0.1, 0.15) is 11.4 Å². The summed E-state index contributed by atoms with van der Waals surface area (Å²) in [5.41, 5.74) is 6.24. The average molecular weight is 351 g/mol. The predicted octanol–water partition coefficient (Wildman–Crippen LogP) is 5.87. The molecule has 0 saturated heterocycles. The maximum atomic E-state index is 5.68. The number of rotatable bonds is 4. The Kier molecular flexibility index (Phi) is 5.08. The lowest BCUT2D eigenvalue weighted by atomic mass is 9.79. The summed E-state index contributed by atoms with van der Waals surface area (Å²) in [4.78, 5) is 7.13. The van der Waals surface area contributed by atoms with Crippen LogP contribution in [0.3, 0.4) is 0 Å². The molecule has 3 heteroatoms. The van der Waals surface area contributed by atoms with Crippen LogP contribution < -0.4 is 9.64 Å². The quantitative estimate of drug-likeness (QED) is 0.645.